The molecule has 1 heterocycles. The largest absolute Gasteiger partial charge is 0.310 e. The molecule has 90 valence electrons. The maximum absolute atomic E-state index is 13.0. The van der Waals surface area contributed by atoms with Gasteiger partial charge >= 0.3 is 0 Å². The van der Waals surface area contributed by atoms with Crippen LogP contribution in [0.3, 0.4) is 0 Å². The molecule has 1 nitrogen and oxygen atoms in total. The maximum atomic E-state index is 13.0. The zero-order valence-electron chi connectivity index (χ0n) is 9.82. The molecule has 1 atom stereocenters. The monoisotopic (exact) mass is 249 g/mol. The van der Waals surface area contributed by atoms with Crippen LogP contribution < -0.4 is 5.32 Å². The van der Waals surface area contributed by atoms with Crippen LogP contribution in [0.15, 0.2) is 41.1 Å². The van der Waals surface area contributed by atoms with Crippen LogP contribution in [-0.2, 0) is 6.42 Å². The lowest BCUT2D eigenvalue weighted by molar-refractivity contribution is 0.567. The first kappa shape index (κ1) is 12.3. The average molecular weight is 249 g/mol. The fraction of sp³-hybridized carbons (Fsp3) is 0.286. The van der Waals surface area contributed by atoms with Gasteiger partial charge in [-0.15, -0.1) is 0 Å². The van der Waals surface area contributed by atoms with Gasteiger partial charge in [0.15, 0.2) is 0 Å². The highest BCUT2D eigenvalue weighted by atomic mass is 32.1. The maximum Gasteiger partial charge on any atom is 0.123 e. The third kappa shape index (κ3) is 3.65. The zero-order chi connectivity index (χ0) is 12.1. The first-order valence-corrected chi connectivity index (χ1v) is 6.70. The van der Waals surface area contributed by atoms with E-state index < -0.39 is 0 Å². The Balaban J connectivity index is 1.83. The van der Waals surface area contributed by atoms with Gasteiger partial charge in [0.2, 0.25) is 0 Å². The van der Waals surface area contributed by atoms with E-state index in [9.17, 15) is 4.39 Å². The van der Waals surface area contributed by atoms with Gasteiger partial charge in [0.25, 0.3) is 0 Å². The van der Waals surface area contributed by atoms with Gasteiger partial charge in [-0.05, 0) is 60.0 Å². The molecule has 2 aromatic rings. The second-order valence-corrected chi connectivity index (χ2v) is 4.89. The van der Waals surface area contributed by atoms with Crippen molar-refractivity contribution in [2.75, 3.05) is 6.54 Å². The molecule has 0 fully saturated rings. The topological polar surface area (TPSA) is 12.0 Å². The molecule has 2 rings (SSSR count). The van der Waals surface area contributed by atoms with Crippen molar-refractivity contribution in [1.29, 1.82) is 0 Å². The predicted octanol–water partition coefficient (Wildman–Crippen LogP) is 3.78. The summed E-state index contributed by atoms with van der Waals surface area (Å²) in [6.07, 6.45) is 1.02. The number of hydrogen-bond acceptors (Lipinski definition) is 2. The van der Waals surface area contributed by atoms with Crippen LogP contribution in [0.25, 0.3) is 0 Å². The highest BCUT2D eigenvalue weighted by Crippen LogP contribution is 2.13. The van der Waals surface area contributed by atoms with E-state index in [1.54, 1.807) is 23.5 Å². The fourth-order valence-corrected chi connectivity index (χ4v) is 2.46. The molecular formula is C14H16FNS. The number of benzene rings is 1. The molecule has 1 aromatic carbocycles. The van der Waals surface area contributed by atoms with Gasteiger partial charge in [-0.1, -0.05) is 12.1 Å². The molecule has 1 N–H and O–H groups in total. The smallest absolute Gasteiger partial charge is 0.123 e. The zero-order valence-corrected chi connectivity index (χ0v) is 10.6. The first-order valence-electron chi connectivity index (χ1n) is 5.75. The molecule has 0 bridgehead atoms. The van der Waals surface area contributed by atoms with Crippen LogP contribution in [0.2, 0.25) is 0 Å². The van der Waals surface area contributed by atoms with E-state index in [0.717, 1.165) is 18.5 Å². The van der Waals surface area contributed by atoms with E-state index in [-0.39, 0.29) is 11.9 Å². The van der Waals surface area contributed by atoms with E-state index in [4.69, 9.17) is 0 Å². The second-order valence-electron chi connectivity index (χ2n) is 4.11. The Morgan fingerprint density at radius 3 is 2.94 bits per heavy atom. The summed E-state index contributed by atoms with van der Waals surface area (Å²) in [5.41, 5.74) is 2.35. The normalized spacial score (nSPS) is 12.6. The lowest BCUT2D eigenvalue weighted by Gasteiger charge is -2.13. The summed E-state index contributed by atoms with van der Waals surface area (Å²) < 4.78 is 13.0. The van der Waals surface area contributed by atoms with Crippen LogP contribution >= 0.6 is 11.3 Å². The molecule has 1 aromatic heterocycles. The quantitative estimate of drug-likeness (QED) is 0.850. The van der Waals surface area contributed by atoms with Crippen molar-refractivity contribution >= 4 is 11.3 Å². The van der Waals surface area contributed by atoms with Crippen molar-refractivity contribution < 1.29 is 4.39 Å². The van der Waals surface area contributed by atoms with Crippen LogP contribution in [0.1, 0.15) is 24.1 Å². The minimum Gasteiger partial charge on any atom is -0.310 e. The van der Waals surface area contributed by atoms with E-state index >= 15 is 0 Å². The van der Waals surface area contributed by atoms with Crippen LogP contribution in [0, 0.1) is 5.82 Å². The number of nitrogens with one attached hydrogen (secondary N) is 1. The Morgan fingerprint density at radius 2 is 2.24 bits per heavy atom. The molecule has 0 spiro atoms. The van der Waals surface area contributed by atoms with Crippen LogP contribution in [-0.4, -0.2) is 6.54 Å². The Kier molecular flexibility index (Phi) is 4.29. The summed E-state index contributed by atoms with van der Waals surface area (Å²) in [7, 11) is 0. The molecular weight excluding hydrogens is 233 g/mol. The lowest BCUT2D eigenvalue weighted by Crippen LogP contribution is -2.21. The average Bonchev–Trinajstić information content (AvgIpc) is 2.82. The van der Waals surface area contributed by atoms with Crippen LogP contribution in [0.5, 0.6) is 0 Å². The summed E-state index contributed by atoms with van der Waals surface area (Å²) in [5, 5.41) is 7.65. The predicted molar refractivity (Wildman–Crippen MR) is 70.8 cm³/mol. The highest BCUT2D eigenvalue weighted by molar-refractivity contribution is 7.07. The third-order valence-corrected chi connectivity index (χ3v) is 3.53. The molecule has 3 heteroatoms. The second kappa shape index (κ2) is 5.94. The van der Waals surface area contributed by atoms with E-state index in [2.05, 4.69) is 29.1 Å². The first-order chi connectivity index (χ1) is 8.25. The van der Waals surface area contributed by atoms with Gasteiger partial charge in [0.1, 0.15) is 5.82 Å². The summed E-state index contributed by atoms with van der Waals surface area (Å²) >= 11 is 1.72. The van der Waals surface area contributed by atoms with Crippen LogP contribution in [0.4, 0.5) is 4.39 Å². The Bertz CT molecular complexity index is 453. The number of halogens is 1. The summed E-state index contributed by atoms with van der Waals surface area (Å²) in [5.74, 6) is -0.172. The number of rotatable bonds is 5. The lowest BCUT2D eigenvalue weighted by atomic mass is 10.1. The molecule has 0 aliphatic carbocycles. The molecule has 0 amide bonds. The summed E-state index contributed by atoms with van der Waals surface area (Å²) in [4.78, 5) is 0. The Labute approximate surface area is 105 Å². The Morgan fingerprint density at radius 1 is 1.35 bits per heavy atom. The highest BCUT2D eigenvalue weighted by Gasteiger charge is 2.05. The SMILES string of the molecule is C[C@@H](NCCc1ccsc1)c1cccc(F)c1. The molecule has 0 aliphatic rings. The van der Waals surface area contributed by atoms with Gasteiger partial charge < -0.3 is 5.32 Å². The molecule has 0 saturated heterocycles. The standard InChI is InChI=1S/C14H16FNS/c1-11(13-3-2-4-14(15)9-13)16-7-5-12-6-8-17-10-12/h2-4,6,8-11,16H,5,7H2,1H3/t11-/m1/s1. The minimum absolute atomic E-state index is 0.172. The summed E-state index contributed by atoms with van der Waals surface area (Å²) in [6, 6.07) is 9.08. The fourth-order valence-electron chi connectivity index (χ4n) is 1.76. The minimum atomic E-state index is -0.172. The number of hydrogen-bond donors (Lipinski definition) is 1. The molecule has 0 aliphatic heterocycles. The van der Waals surface area contributed by atoms with Crippen molar-refractivity contribution in [2.24, 2.45) is 0 Å². The molecule has 0 unspecified atom stereocenters. The van der Waals surface area contributed by atoms with Crippen molar-refractivity contribution in [3.8, 4) is 0 Å². The Hall–Kier alpha value is -1.19. The van der Waals surface area contributed by atoms with E-state index in [1.807, 2.05) is 6.07 Å². The molecule has 0 radical (unpaired) electrons. The van der Waals surface area contributed by atoms with E-state index in [1.165, 1.54) is 11.6 Å². The summed E-state index contributed by atoms with van der Waals surface area (Å²) in [6.45, 7) is 2.97. The van der Waals surface area contributed by atoms with Gasteiger partial charge in [0.05, 0.1) is 0 Å². The van der Waals surface area contributed by atoms with Gasteiger partial charge in [-0.25, -0.2) is 4.39 Å². The van der Waals surface area contributed by atoms with Gasteiger partial charge in [-0.2, -0.15) is 11.3 Å². The van der Waals surface area contributed by atoms with Crippen molar-refractivity contribution in [1.82, 2.24) is 5.32 Å². The van der Waals surface area contributed by atoms with E-state index in [0.29, 0.717) is 0 Å². The van der Waals surface area contributed by atoms with Gasteiger partial charge in [0, 0.05) is 6.04 Å². The molecule has 17 heavy (non-hydrogen) atoms. The van der Waals surface area contributed by atoms with Crippen molar-refractivity contribution in [2.45, 2.75) is 19.4 Å². The number of thiophene rings is 1. The third-order valence-electron chi connectivity index (χ3n) is 2.79. The van der Waals surface area contributed by atoms with Crippen molar-refractivity contribution in [3.05, 3.63) is 58.0 Å². The van der Waals surface area contributed by atoms with Gasteiger partial charge in [-0.3, -0.25) is 0 Å². The van der Waals surface area contributed by atoms with Crippen molar-refractivity contribution in [3.63, 3.8) is 0 Å². The molecule has 0 saturated carbocycles.